The van der Waals surface area contributed by atoms with E-state index in [1.54, 1.807) is 0 Å². The molecule has 2 aliphatic rings. The van der Waals surface area contributed by atoms with Gasteiger partial charge in [0.1, 0.15) is 0 Å². The summed E-state index contributed by atoms with van der Waals surface area (Å²) in [6.07, 6.45) is 10.4. The van der Waals surface area contributed by atoms with E-state index in [-0.39, 0.29) is 5.92 Å². The van der Waals surface area contributed by atoms with Crippen molar-refractivity contribution < 1.29 is 0 Å². The van der Waals surface area contributed by atoms with E-state index in [0.29, 0.717) is 0 Å². The minimum atomic E-state index is 0.216. The molecule has 0 saturated heterocycles. The van der Waals surface area contributed by atoms with E-state index < -0.39 is 0 Å². The average Bonchev–Trinajstić information content (AvgIpc) is 3.20. The van der Waals surface area contributed by atoms with Crippen molar-refractivity contribution in [2.75, 3.05) is 0 Å². The molecule has 0 spiro atoms. The van der Waals surface area contributed by atoms with Gasteiger partial charge >= 0.3 is 0 Å². The molecule has 0 N–H and O–H groups in total. The van der Waals surface area contributed by atoms with Crippen molar-refractivity contribution in [3.8, 4) is 0 Å². The molecule has 0 bridgehead atoms. The number of rotatable bonds is 0. The second kappa shape index (κ2) is 4.20. The summed E-state index contributed by atoms with van der Waals surface area (Å²) >= 11 is 0. The predicted octanol–water partition coefficient (Wildman–Crippen LogP) is 4.94. The van der Waals surface area contributed by atoms with Gasteiger partial charge in [-0.05, 0) is 30.3 Å². The molecule has 3 aromatic heterocycles. The first-order chi connectivity index (χ1) is 11.9. The molecule has 4 heterocycles. The highest BCUT2D eigenvalue weighted by atomic mass is 15.0. The van der Waals surface area contributed by atoms with Crippen molar-refractivity contribution in [1.29, 1.82) is 0 Å². The molecule has 4 aromatic rings. The Labute approximate surface area is 138 Å². The summed E-state index contributed by atoms with van der Waals surface area (Å²) in [5, 5.41) is 2.37. The van der Waals surface area contributed by atoms with Crippen LogP contribution in [0.4, 0.5) is 5.69 Å². The third-order valence-corrected chi connectivity index (χ3v) is 5.04. The molecular formula is C21H13N3. The van der Waals surface area contributed by atoms with Crippen molar-refractivity contribution >= 4 is 38.7 Å². The highest BCUT2D eigenvalue weighted by Crippen LogP contribution is 2.45. The van der Waals surface area contributed by atoms with Crippen molar-refractivity contribution in [3.63, 3.8) is 0 Å². The van der Waals surface area contributed by atoms with Crippen LogP contribution in [0.3, 0.4) is 0 Å². The van der Waals surface area contributed by atoms with E-state index in [1.807, 2.05) is 12.3 Å². The zero-order valence-electron chi connectivity index (χ0n) is 12.8. The SMILES string of the molecule is C1=CC2=Nc3c(n4c5ccccc5cc4c4ncccc34)C2C=C1. The number of pyridine rings is 2. The molecule has 1 aliphatic carbocycles. The van der Waals surface area contributed by atoms with Gasteiger partial charge in [-0.2, -0.15) is 0 Å². The summed E-state index contributed by atoms with van der Waals surface area (Å²) in [6.45, 7) is 0. The predicted molar refractivity (Wildman–Crippen MR) is 98.3 cm³/mol. The van der Waals surface area contributed by atoms with Crippen LogP contribution in [0.15, 0.2) is 78.0 Å². The van der Waals surface area contributed by atoms with Crippen LogP contribution < -0.4 is 0 Å². The number of hydrogen-bond acceptors (Lipinski definition) is 2. The van der Waals surface area contributed by atoms with Gasteiger partial charge < -0.3 is 4.40 Å². The Morgan fingerprint density at radius 2 is 1.92 bits per heavy atom. The maximum Gasteiger partial charge on any atom is 0.0964 e. The highest BCUT2D eigenvalue weighted by Gasteiger charge is 2.30. The second-order valence-corrected chi connectivity index (χ2v) is 6.32. The van der Waals surface area contributed by atoms with Crippen molar-refractivity contribution in [3.05, 3.63) is 78.7 Å². The zero-order valence-corrected chi connectivity index (χ0v) is 12.8. The summed E-state index contributed by atoms with van der Waals surface area (Å²) in [5.41, 5.74) is 6.82. The second-order valence-electron chi connectivity index (χ2n) is 6.32. The molecule has 0 fully saturated rings. The fraction of sp³-hybridized carbons (Fsp3) is 0.0476. The van der Waals surface area contributed by atoms with Gasteiger partial charge in [0.05, 0.1) is 39.6 Å². The van der Waals surface area contributed by atoms with E-state index in [1.165, 1.54) is 16.6 Å². The average molecular weight is 307 g/mol. The van der Waals surface area contributed by atoms with Crippen LogP contribution in [-0.2, 0) is 0 Å². The van der Waals surface area contributed by atoms with Crippen molar-refractivity contribution in [2.24, 2.45) is 4.99 Å². The van der Waals surface area contributed by atoms with Crippen LogP contribution in [0, 0.1) is 0 Å². The van der Waals surface area contributed by atoms with Gasteiger partial charge in [-0.25, -0.2) is 4.99 Å². The van der Waals surface area contributed by atoms with Gasteiger partial charge in [0.25, 0.3) is 0 Å². The number of fused-ring (bicyclic) bond motifs is 10. The first-order valence-electron chi connectivity index (χ1n) is 8.16. The zero-order chi connectivity index (χ0) is 15.7. The highest BCUT2D eigenvalue weighted by molar-refractivity contribution is 6.14. The van der Waals surface area contributed by atoms with E-state index in [4.69, 9.17) is 4.99 Å². The van der Waals surface area contributed by atoms with Crippen LogP contribution in [0.2, 0.25) is 0 Å². The van der Waals surface area contributed by atoms with Crippen LogP contribution >= 0.6 is 0 Å². The van der Waals surface area contributed by atoms with Crippen LogP contribution in [0.1, 0.15) is 11.6 Å². The molecule has 24 heavy (non-hydrogen) atoms. The number of aliphatic imine (C=N–C) groups is 1. The molecule has 6 rings (SSSR count). The molecule has 1 aliphatic heterocycles. The monoisotopic (exact) mass is 307 g/mol. The van der Waals surface area contributed by atoms with Crippen molar-refractivity contribution in [1.82, 2.24) is 9.38 Å². The topological polar surface area (TPSA) is 29.7 Å². The third kappa shape index (κ3) is 1.38. The van der Waals surface area contributed by atoms with Gasteiger partial charge in [0, 0.05) is 17.0 Å². The van der Waals surface area contributed by atoms with Crippen molar-refractivity contribution in [2.45, 2.75) is 5.92 Å². The van der Waals surface area contributed by atoms with E-state index in [9.17, 15) is 0 Å². The summed E-state index contributed by atoms with van der Waals surface area (Å²) in [6, 6.07) is 14.9. The summed E-state index contributed by atoms with van der Waals surface area (Å²) < 4.78 is 2.35. The van der Waals surface area contributed by atoms with E-state index in [0.717, 1.165) is 27.8 Å². The van der Waals surface area contributed by atoms with Gasteiger partial charge in [0.2, 0.25) is 0 Å². The molecule has 3 heteroatoms. The standard InChI is InChI=1S/C21H13N3/c1-4-10-17-13(6-1)12-18-19-15(8-5-11-22-19)20-21(24(17)18)14-7-2-3-9-16(14)23-20/h1-12,14H. The first-order valence-corrected chi connectivity index (χ1v) is 8.16. The molecule has 1 unspecified atom stereocenters. The number of hydrogen-bond donors (Lipinski definition) is 0. The normalized spacial score (nSPS) is 18.3. The van der Waals surface area contributed by atoms with Gasteiger partial charge in [-0.1, -0.05) is 36.4 Å². The molecule has 112 valence electrons. The number of benzene rings is 1. The molecule has 0 saturated carbocycles. The number of aromatic nitrogens is 2. The summed E-state index contributed by atoms with van der Waals surface area (Å²) in [5.74, 6) is 0.216. The smallest absolute Gasteiger partial charge is 0.0964 e. The van der Waals surface area contributed by atoms with Crippen LogP contribution in [-0.4, -0.2) is 15.1 Å². The minimum absolute atomic E-state index is 0.216. The molecule has 1 aromatic carbocycles. The maximum absolute atomic E-state index is 4.96. The Morgan fingerprint density at radius 1 is 0.958 bits per heavy atom. The molecule has 0 amide bonds. The molecule has 1 atom stereocenters. The molecule has 0 radical (unpaired) electrons. The lowest BCUT2D eigenvalue weighted by Crippen LogP contribution is -2.09. The van der Waals surface area contributed by atoms with Gasteiger partial charge in [-0.3, -0.25) is 4.98 Å². The minimum Gasteiger partial charge on any atom is -0.308 e. The number of nitrogens with zero attached hydrogens (tertiary/aromatic N) is 3. The molecular weight excluding hydrogens is 294 g/mol. The number of para-hydroxylation sites is 1. The lowest BCUT2D eigenvalue weighted by Gasteiger charge is -2.15. The van der Waals surface area contributed by atoms with Gasteiger partial charge in [0.15, 0.2) is 0 Å². The Balaban J connectivity index is 1.92. The largest absolute Gasteiger partial charge is 0.308 e. The number of allylic oxidation sites excluding steroid dienone is 4. The van der Waals surface area contributed by atoms with Crippen LogP contribution in [0.5, 0.6) is 0 Å². The van der Waals surface area contributed by atoms with Crippen LogP contribution in [0.25, 0.3) is 27.3 Å². The van der Waals surface area contributed by atoms with Gasteiger partial charge in [-0.15, -0.1) is 0 Å². The van der Waals surface area contributed by atoms with E-state index >= 15 is 0 Å². The third-order valence-electron chi connectivity index (χ3n) is 5.04. The Hall–Kier alpha value is -3.20. The Morgan fingerprint density at radius 3 is 2.92 bits per heavy atom. The fourth-order valence-electron chi connectivity index (χ4n) is 4.04. The summed E-state index contributed by atoms with van der Waals surface area (Å²) in [7, 11) is 0. The summed E-state index contributed by atoms with van der Waals surface area (Å²) in [4.78, 5) is 9.63. The molecule has 3 nitrogen and oxygen atoms in total. The lowest BCUT2D eigenvalue weighted by molar-refractivity contribution is 1.04. The first kappa shape index (κ1) is 12.3. The Bertz CT molecular complexity index is 1250. The fourth-order valence-corrected chi connectivity index (χ4v) is 4.04. The van der Waals surface area contributed by atoms with E-state index in [2.05, 4.69) is 70.1 Å². The quantitative estimate of drug-likeness (QED) is 0.452. The Kier molecular flexibility index (Phi) is 2.15. The maximum atomic E-state index is 4.96. The lowest BCUT2D eigenvalue weighted by atomic mass is 9.95.